The van der Waals surface area contributed by atoms with Crippen LogP contribution in [0.25, 0.3) is 0 Å². The van der Waals surface area contributed by atoms with Crippen molar-refractivity contribution in [3.8, 4) is 0 Å². The summed E-state index contributed by atoms with van der Waals surface area (Å²) in [7, 11) is 0. The van der Waals surface area contributed by atoms with Crippen molar-refractivity contribution in [2.45, 2.75) is 17.3 Å². The lowest BCUT2D eigenvalue weighted by molar-refractivity contribution is 0.484. The van der Waals surface area contributed by atoms with Crippen molar-refractivity contribution in [1.82, 2.24) is 5.32 Å². The number of benzene rings is 1. The van der Waals surface area contributed by atoms with E-state index in [9.17, 15) is 8.78 Å². The van der Waals surface area contributed by atoms with Crippen LogP contribution in [0.3, 0.4) is 0 Å². The Hall–Kier alpha value is -0.960. The fraction of sp³-hybridized carbons (Fsp3) is 0.455. The van der Waals surface area contributed by atoms with Gasteiger partial charge in [0.2, 0.25) is 0 Å². The van der Waals surface area contributed by atoms with Crippen LogP contribution < -0.4 is 5.32 Å². The summed E-state index contributed by atoms with van der Waals surface area (Å²) in [6.45, 7) is 1.87. The zero-order valence-electron chi connectivity index (χ0n) is 7.53. The second kappa shape index (κ2) is 1.74. The Morgan fingerprint density at radius 1 is 1.00 bits per heavy atom. The van der Waals surface area contributed by atoms with Crippen molar-refractivity contribution >= 4 is 0 Å². The molecule has 1 saturated carbocycles. The molecule has 3 heteroatoms. The largest absolute Gasteiger partial charge is 0.315 e. The minimum Gasteiger partial charge on any atom is -0.315 e. The van der Waals surface area contributed by atoms with E-state index < -0.39 is 11.6 Å². The maximum Gasteiger partial charge on any atom is 0.159 e. The Labute approximate surface area is 80.1 Å². The normalized spacial score (nSPS) is 41.0. The Morgan fingerprint density at radius 3 is 2.00 bits per heavy atom. The van der Waals surface area contributed by atoms with Gasteiger partial charge in [-0.1, -0.05) is 0 Å². The minimum atomic E-state index is -0.703. The van der Waals surface area contributed by atoms with Crippen molar-refractivity contribution in [3.05, 3.63) is 34.9 Å². The molecule has 2 fully saturated rings. The quantitative estimate of drug-likeness (QED) is 0.657. The van der Waals surface area contributed by atoms with Gasteiger partial charge >= 0.3 is 0 Å². The van der Waals surface area contributed by atoms with Gasteiger partial charge in [0.05, 0.1) is 0 Å². The highest BCUT2D eigenvalue weighted by atomic mass is 19.2. The van der Waals surface area contributed by atoms with E-state index in [1.54, 1.807) is 0 Å². The van der Waals surface area contributed by atoms with Crippen LogP contribution in [0, 0.1) is 11.6 Å². The molecule has 14 heavy (non-hydrogen) atoms. The first-order chi connectivity index (χ1) is 6.70. The highest BCUT2D eigenvalue weighted by Gasteiger charge is 2.79. The van der Waals surface area contributed by atoms with Crippen LogP contribution in [0.1, 0.15) is 17.5 Å². The first-order valence-electron chi connectivity index (χ1n) is 4.90. The molecule has 2 unspecified atom stereocenters. The van der Waals surface area contributed by atoms with Gasteiger partial charge in [0.15, 0.2) is 11.6 Å². The van der Waals surface area contributed by atoms with E-state index in [-0.39, 0.29) is 10.8 Å². The minimum absolute atomic E-state index is 0.177. The van der Waals surface area contributed by atoms with E-state index in [4.69, 9.17) is 0 Å². The van der Waals surface area contributed by atoms with Gasteiger partial charge in [0, 0.05) is 23.9 Å². The van der Waals surface area contributed by atoms with Crippen LogP contribution in [-0.2, 0) is 10.8 Å². The van der Waals surface area contributed by atoms with Crippen molar-refractivity contribution in [2.75, 3.05) is 13.1 Å². The van der Waals surface area contributed by atoms with Crippen molar-refractivity contribution in [2.24, 2.45) is 0 Å². The summed E-state index contributed by atoms with van der Waals surface area (Å²) in [6, 6.07) is 2.78. The van der Waals surface area contributed by atoms with Gasteiger partial charge in [0.1, 0.15) is 0 Å². The number of nitrogens with one attached hydrogen (secondary N) is 1. The molecule has 1 nitrogen and oxygen atoms in total. The number of piperidine rings is 1. The maximum atomic E-state index is 13.0. The molecule has 4 rings (SSSR count). The molecule has 3 aliphatic rings. The molecule has 1 aliphatic heterocycles. The third-order valence-corrected chi connectivity index (χ3v) is 4.34. The molecule has 0 aromatic heterocycles. The lowest BCUT2D eigenvalue weighted by atomic mass is 9.70. The number of halogens is 2. The monoisotopic (exact) mass is 193 g/mol. The van der Waals surface area contributed by atoms with E-state index in [1.165, 1.54) is 12.1 Å². The third kappa shape index (κ3) is 0.482. The predicted octanol–water partition coefficient (Wildman–Crippen LogP) is 1.46. The third-order valence-electron chi connectivity index (χ3n) is 4.34. The zero-order chi connectivity index (χ0) is 9.55. The van der Waals surface area contributed by atoms with E-state index >= 15 is 0 Å². The average molecular weight is 193 g/mol. The molecule has 1 heterocycles. The molecule has 0 radical (unpaired) electrons. The highest BCUT2D eigenvalue weighted by Crippen LogP contribution is 2.76. The first-order valence-corrected chi connectivity index (χ1v) is 4.90. The van der Waals surface area contributed by atoms with E-state index in [0.29, 0.717) is 0 Å². The number of rotatable bonds is 0. The topological polar surface area (TPSA) is 12.0 Å². The Kier molecular flexibility index (Phi) is 0.913. The molecule has 72 valence electrons. The molecule has 2 aliphatic carbocycles. The fourth-order valence-electron chi connectivity index (χ4n) is 3.60. The highest BCUT2D eigenvalue weighted by molar-refractivity contribution is 5.67. The molecule has 0 amide bonds. The summed E-state index contributed by atoms with van der Waals surface area (Å²) in [5.74, 6) is -1.41. The second-order valence-corrected chi connectivity index (χ2v) is 4.76. The molecule has 1 saturated heterocycles. The van der Waals surface area contributed by atoms with Crippen molar-refractivity contribution < 1.29 is 8.78 Å². The average Bonchev–Trinajstić information content (AvgIpc) is 2.64. The van der Waals surface area contributed by atoms with Gasteiger partial charge in [-0.05, 0) is 29.7 Å². The molecule has 0 spiro atoms. The summed E-state index contributed by atoms with van der Waals surface area (Å²) in [5, 5.41) is 3.31. The molecule has 0 bridgehead atoms. The van der Waals surface area contributed by atoms with Crippen LogP contribution >= 0.6 is 0 Å². The molecule has 1 aromatic rings. The fourth-order valence-corrected chi connectivity index (χ4v) is 3.60. The van der Waals surface area contributed by atoms with Gasteiger partial charge in [-0.15, -0.1) is 0 Å². The lowest BCUT2D eigenvalue weighted by Gasteiger charge is -2.32. The van der Waals surface area contributed by atoms with Crippen LogP contribution in [0.15, 0.2) is 12.1 Å². The van der Waals surface area contributed by atoms with E-state index in [0.717, 1.165) is 30.6 Å². The van der Waals surface area contributed by atoms with Gasteiger partial charge in [-0.2, -0.15) is 0 Å². The summed E-state index contributed by atoms with van der Waals surface area (Å²) in [4.78, 5) is 0. The Morgan fingerprint density at radius 2 is 1.50 bits per heavy atom. The smallest absolute Gasteiger partial charge is 0.159 e. The molecular weight excluding hydrogens is 184 g/mol. The first kappa shape index (κ1) is 7.35. The Balaban J connectivity index is 2.01. The summed E-state index contributed by atoms with van der Waals surface area (Å²) < 4.78 is 26.1. The summed E-state index contributed by atoms with van der Waals surface area (Å²) >= 11 is 0. The standard InChI is InChI=1S/C11H9F2N/c12-8-1-6-7(2-9(8)13)11-3-10(6,11)4-14-5-11/h1-2,14H,3-5H2. The van der Waals surface area contributed by atoms with Crippen LogP contribution in [0.5, 0.6) is 0 Å². The van der Waals surface area contributed by atoms with Crippen LogP contribution in [0.4, 0.5) is 8.78 Å². The maximum absolute atomic E-state index is 13.0. The van der Waals surface area contributed by atoms with Crippen molar-refractivity contribution in [3.63, 3.8) is 0 Å². The van der Waals surface area contributed by atoms with Crippen molar-refractivity contribution in [1.29, 1.82) is 0 Å². The Bertz CT molecular complexity index is 430. The molecular formula is C11H9F2N. The van der Waals surface area contributed by atoms with E-state index in [1.807, 2.05) is 0 Å². The molecule has 2 atom stereocenters. The van der Waals surface area contributed by atoms with Crippen LogP contribution in [0.2, 0.25) is 0 Å². The number of fused-ring (bicyclic) bond motifs is 1. The summed E-state index contributed by atoms with van der Waals surface area (Å²) in [6.07, 6.45) is 1.09. The second-order valence-electron chi connectivity index (χ2n) is 4.76. The zero-order valence-corrected chi connectivity index (χ0v) is 7.53. The predicted molar refractivity (Wildman–Crippen MR) is 47.2 cm³/mol. The van der Waals surface area contributed by atoms with Gasteiger partial charge in [0.25, 0.3) is 0 Å². The van der Waals surface area contributed by atoms with Gasteiger partial charge in [-0.25, -0.2) is 8.78 Å². The number of hydrogen-bond acceptors (Lipinski definition) is 1. The number of hydrogen-bond donors (Lipinski definition) is 1. The lowest BCUT2D eigenvalue weighted by Crippen LogP contribution is -2.33. The van der Waals surface area contributed by atoms with Crippen LogP contribution in [-0.4, -0.2) is 13.1 Å². The van der Waals surface area contributed by atoms with E-state index in [2.05, 4.69) is 5.32 Å². The SMILES string of the molecule is Fc1cc2c(cc1F)C13CNCC21C3. The summed E-state index contributed by atoms with van der Waals surface area (Å²) in [5.41, 5.74) is 2.44. The molecule has 1 N–H and O–H groups in total. The molecule has 1 aromatic carbocycles. The van der Waals surface area contributed by atoms with Gasteiger partial charge < -0.3 is 5.32 Å². The van der Waals surface area contributed by atoms with Gasteiger partial charge in [-0.3, -0.25) is 0 Å².